The first-order valence-electron chi connectivity index (χ1n) is 6.41. The lowest BCUT2D eigenvalue weighted by molar-refractivity contribution is 0.599. The molecule has 90 valence electrons. The van der Waals surface area contributed by atoms with Gasteiger partial charge in [0.1, 0.15) is 5.82 Å². The summed E-state index contributed by atoms with van der Waals surface area (Å²) < 4.78 is 0. The Balaban J connectivity index is 2.55. The van der Waals surface area contributed by atoms with E-state index >= 15 is 0 Å². The van der Waals surface area contributed by atoms with Crippen molar-refractivity contribution in [3.63, 3.8) is 0 Å². The number of hydrogen-bond donors (Lipinski definition) is 1. The second-order valence-corrected chi connectivity index (χ2v) is 4.55. The molecule has 1 unspecified atom stereocenters. The number of nitrogen functional groups attached to an aromatic ring is 1. The normalized spacial score (nSPS) is 12.8. The maximum Gasteiger partial charge on any atom is 0.124 e. The number of anilines is 1. The maximum absolute atomic E-state index is 5.80. The van der Waals surface area contributed by atoms with Gasteiger partial charge in [0, 0.05) is 5.39 Å². The van der Waals surface area contributed by atoms with Gasteiger partial charge in [0.15, 0.2) is 0 Å². The highest BCUT2D eigenvalue weighted by Crippen LogP contribution is 2.30. The molecule has 2 nitrogen and oxygen atoms in total. The Morgan fingerprint density at radius 1 is 1.18 bits per heavy atom. The molecule has 0 aliphatic carbocycles. The molecule has 0 fully saturated rings. The topological polar surface area (TPSA) is 38.9 Å². The molecular formula is C15H20N2. The second kappa shape index (κ2) is 5.17. The summed E-state index contributed by atoms with van der Waals surface area (Å²) in [5, 5.41) is 1.19. The van der Waals surface area contributed by atoms with E-state index in [1.807, 2.05) is 6.07 Å². The SMILES string of the molecule is CCCC(CC)c1cccc2ccc(N)nc12. The fraction of sp³-hybridized carbons (Fsp3) is 0.400. The number of fused-ring (bicyclic) bond motifs is 1. The van der Waals surface area contributed by atoms with Crippen molar-refractivity contribution >= 4 is 16.7 Å². The number of para-hydroxylation sites is 1. The molecule has 2 aromatic rings. The van der Waals surface area contributed by atoms with E-state index in [0.29, 0.717) is 11.7 Å². The van der Waals surface area contributed by atoms with E-state index in [2.05, 4.69) is 43.1 Å². The molecule has 1 atom stereocenters. The van der Waals surface area contributed by atoms with Gasteiger partial charge in [-0.05, 0) is 36.5 Å². The summed E-state index contributed by atoms with van der Waals surface area (Å²) in [5.74, 6) is 1.20. The Labute approximate surface area is 103 Å². The molecule has 1 heterocycles. The van der Waals surface area contributed by atoms with Crippen molar-refractivity contribution in [1.29, 1.82) is 0 Å². The van der Waals surface area contributed by atoms with E-state index in [9.17, 15) is 0 Å². The van der Waals surface area contributed by atoms with Crippen LogP contribution in [0.1, 0.15) is 44.6 Å². The van der Waals surface area contributed by atoms with Gasteiger partial charge in [-0.2, -0.15) is 0 Å². The largest absolute Gasteiger partial charge is 0.384 e. The Kier molecular flexibility index (Phi) is 3.62. The molecule has 0 aliphatic heterocycles. The lowest BCUT2D eigenvalue weighted by Gasteiger charge is -2.16. The Morgan fingerprint density at radius 2 is 2.00 bits per heavy atom. The molecule has 0 bridgehead atoms. The number of nitrogens with two attached hydrogens (primary N) is 1. The smallest absolute Gasteiger partial charge is 0.124 e. The van der Waals surface area contributed by atoms with Crippen LogP contribution in [-0.2, 0) is 0 Å². The van der Waals surface area contributed by atoms with Crippen LogP contribution < -0.4 is 5.73 Å². The lowest BCUT2D eigenvalue weighted by atomic mass is 9.90. The van der Waals surface area contributed by atoms with Crippen LogP contribution in [0.3, 0.4) is 0 Å². The average Bonchev–Trinajstić information content (AvgIpc) is 2.35. The molecule has 2 heteroatoms. The number of nitrogens with zero attached hydrogens (tertiary/aromatic N) is 1. The van der Waals surface area contributed by atoms with Crippen molar-refractivity contribution < 1.29 is 0 Å². The third-order valence-electron chi connectivity index (χ3n) is 3.34. The number of benzene rings is 1. The summed E-state index contributed by atoms with van der Waals surface area (Å²) >= 11 is 0. The molecule has 2 rings (SSSR count). The van der Waals surface area contributed by atoms with Gasteiger partial charge in [-0.25, -0.2) is 4.98 Å². The summed E-state index contributed by atoms with van der Waals surface area (Å²) in [6.07, 6.45) is 3.58. The number of hydrogen-bond acceptors (Lipinski definition) is 2. The van der Waals surface area contributed by atoms with Crippen molar-refractivity contribution in [3.05, 3.63) is 35.9 Å². The third kappa shape index (κ3) is 2.41. The number of pyridine rings is 1. The van der Waals surface area contributed by atoms with Gasteiger partial charge in [0.05, 0.1) is 5.52 Å². The summed E-state index contributed by atoms with van der Waals surface area (Å²) in [5.41, 5.74) is 8.22. The Hall–Kier alpha value is -1.57. The van der Waals surface area contributed by atoms with Crippen molar-refractivity contribution in [1.82, 2.24) is 4.98 Å². The summed E-state index contributed by atoms with van der Waals surface area (Å²) in [6, 6.07) is 10.3. The van der Waals surface area contributed by atoms with Gasteiger partial charge in [0.2, 0.25) is 0 Å². The van der Waals surface area contributed by atoms with Gasteiger partial charge in [-0.1, -0.05) is 38.5 Å². The Morgan fingerprint density at radius 3 is 2.71 bits per heavy atom. The van der Waals surface area contributed by atoms with E-state index < -0.39 is 0 Å². The van der Waals surface area contributed by atoms with Crippen LogP contribution >= 0.6 is 0 Å². The zero-order valence-electron chi connectivity index (χ0n) is 10.6. The third-order valence-corrected chi connectivity index (χ3v) is 3.34. The molecule has 0 spiro atoms. The van der Waals surface area contributed by atoms with Crippen molar-refractivity contribution in [2.24, 2.45) is 0 Å². The first kappa shape index (κ1) is 11.9. The van der Waals surface area contributed by atoms with Crippen LogP contribution in [0.15, 0.2) is 30.3 Å². The molecule has 17 heavy (non-hydrogen) atoms. The van der Waals surface area contributed by atoms with Crippen molar-refractivity contribution in [3.8, 4) is 0 Å². The fourth-order valence-electron chi connectivity index (χ4n) is 2.44. The zero-order valence-corrected chi connectivity index (χ0v) is 10.6. The van der Waals surface area contributed by atoms with Crippen LogP contribution in [0.25, 0.3) is 10.9 Å². The molecule has 0 aliphatic rings. The van der Waals surface area contributed by atoms with Crippen LogP contribution in [0.5, 0.6) is 0 Å². The average molecular weight is 228 g/mol. The molecular weight excluding hydrogens is 208 g/mol. The second-order valence-electron chi connectivity index (χ2n) is 4.55. The van der Waals surface area contributed by atoms with Crippen molar-refractivity contribution in [2.45, 2.75) is 39.0 Å². The van der Waals surface area contributed by atoms with Gasteiger partial charge in [0.25, 0.3) is 0 Å². The van der Waals surface area contributed by atoms with E-state index in [0.717, 1.165) is 11.9 Å². The monoisotopic (exact) mass is 228 g/mol. The van der Waals surface area contributed by atoms with Gasteiger partial charge in [-0.15, -0.1) is 0 Å². The standard InChI is InChI=1S/C15H20N2/c1-3-6-11(4-2)13-8-5-7-12-9-10-14(16)17-15(12)13/h5,7-11H,3-4,6H2,1-2H3,(H2,16,17). The summed E-state index contributed by atoms with van der Waals surface area (Å²) in [7, 11) is 0. The minimum absolute atomic E-state index is 0.595. The quantitative estimate of drug-likeness (QED) is 0.855. The first-order chi connectivity index (χ1) is 8.26. The molecule has 1 aromatic heterocycles. The Bertz CT molecular complexity index is 505. The number of aromatic nitrogens is 1. The molecule has 0 saturated carbocycles. The first-order valence-corrected chi connectivity index (χ1v) is 6.41. The van der Waals surface area contributed by atoms with E-state index in [4.69, 9.17) is 5.73 Å². The predicted octanol–water partition coefficient (Wildman–Crippen LogP) is 4.11. The molecule has 2 N–H and O–H groups in total. The molecule has 0 saturated heterocycles. The van der Waals surface area contributed by atoms with E-state index in [-0.39, 0.29) is 0 Å². The summed E-state index contributed by atoms with van der Waals surface area (Å²) in [6.45, 7) is 4.47. The van der Waals surface area contributed by atoms with Gasteiger partial charge in [-0.3, -0.25) is 0 Å². The van der Waals surface area contributed by atoms with Crippen molar-refractivity contribution in [2.75, 3.05) is 5.73 Å². The van der Waals surface area contributed by atoms with Crippen LogP contribution in [0.4, 0.5) is 5.82 Å². The zero-order chi connectivity index (χ0) is 12.3. The van der Waals surface area contributed by atoms with E-state index in [1.54, 1.807) is 0 Å². The van der Waals surface area contributed by atoms with Gasteiger partial charge < -0.3 is 5.73 Å². The highest BCUT2D eigenvalue weighted by atomic mass is 14.8. The minimum Gasteiger partial charge on any atom is -0.384 e. The maximum atomic E-state index is 5.80. The highest BCUT2D eigenvalue weighted by Gasteiger charge is 2.12. The minimum atomic E-state index is 0.595. The fourth-order valence-corrected chi connectivity index (χ4v) is 2.44. The lowest BCUT2D eigenvalue weighted by Crippen LogP contribution is -2.00. The predicted molar refractivity (Wildman–Crippen MR) is 74.1 cm³/mol. The molecule has 0 radical (unpaired) electrons. The molecule has 1 aromatic carbocycles. The molecule has 0 amide bonds. The number of rotatable bonds is 4. The van der Waals surface area contributed by atoms with E-state index in [1.165, 1.54) is 23.8 Å². The van der Waals surface area contributed by atoms with Crippen LogP contribution in [0, 0.1) is 0 Å². The highest BCUT2D eigenvalue weighted by molar-refractivity contribution is 5.83. The summed E-state index contributed by atoms with van der Waals surface area (Å²) in [4.78, 5) is 4.50. The van der Waals surface area contributed by atoms with Crippen LogP contribution in [-0.4, -0.2) is 4.98 Å². The van der Waals surface area contributed by atoms with Crippen LogP contribution in [0.2, 0.25) is 0 Å². The van der Waals surface area contributed by atoms with Gasteiger partial charge >= 0.3 is 0 Å².